The second-order valence-corrected chi connectivity index (χ2v) is 2.51. The highest BCUT2D eigenvalue weighted by Gasteiger charge is 1.90. The van der Waals surface area contributed by atoms with Crippen LogP contribution >= 0.6 is 0 Å². The van der Waals surface area contributed by atoms with Gasteiger partial charge in [-0.3, -0.25) is 4.79 Å². The van der Waals surface area contributed by atoms with Crippen molar-refractivity contribution in [2.75, 3.05) is 0 Å². The summed E-state index contributed by atoms with van der Waals surface area (Å²) in [4.78, 5) is 10.2. The van der Waals surface area contributed by atoms with Crippen molar-refractivity contribution >= 4 is 6.29 Å². The van der Waals surface area contributed by atoms with E-state index in [2.05, 4.69) is 5.32 Å². The Kier molecular flexibility index (Phi) is 4.63. The predicted octanol–water partition coefficient (Wildman–Crippen LogP) is 1.48. The van der Waals surface area contributed by atoms with E-state index in [0.717, 1.165) is 18.3 Å². The average Bonchev–Trinajstić information content (AvgIpc) is 1.90. The number of carbonyl (C=O) groups is 1. The molecule has 0 spiro atoms. The molecule has 0 aromatic carbocycles. The molecule has 0 radical (unpaired) electrons. The van der Waals surface area contributed by atoms with Gasteiger partial charge in [-0.2, -0.15) is 0 Å². The fraction of sp³-hybridized carbons (Fsp3) is 0.625. The third kappa shape index (κ3) is 4.13. The smallest absolute Gasteiger partial charge is 0.147 e. The molecule has 0 aliphatic rings. The lowest BCUT2D eigenvalue weighted by Crippen LogP contribution is -2.16. The Hall–Kier alpha value is -0.790. The molecule has 0 heterocycles. The maximum atomic E-state index is 10.2. The van der Waals surface area contributed by atoms with Gasteiger partial charge in [0.15, 0.2) is 0 Å². The lowest BCUT2D eigenvalue weighted by Gasteiger charge is -2.03. The van der Waals surface area contributed by atoms with Crippen molar-refractivity contribution in [3.63, 3.8) is 0 Å². The first-order valence-electron chi connectivity index (χ1n) is 3.61. The molecule has 0 unspecified atom stereocenters. The summed E-state index contributed by atoms with van der Waals surface area (Å²) in [5, 5.41) is 3.05. The fourth-order valence-electron chi connectivity index (χ4n) is 0.493. The minimum atomic E-state index is 0.404. The van der Waals surface area contributed by atoms with Gasteiger partial charge in [-0.25, -0.2) is 0 Å². The highest BCUT2D eigenvalue weighted by atomic mass is 16.1. The van der Waals surface area contributed by atoms with Crippen molar-refractivity contribution in [1.82, 2.24) is 5.32 Å². The van der Waals surface area contributed by atoms with Crippen molar-refractivity contribution in [3.8, 4) is 0 Å². The van der Waals surface area contributed by atoms with Crippen LogP contribution in [-0.2, 0) is 4.79 Å². The van der Waals surface area contributed by atoms with Crippen molar-refractivity contribution < 1.29 is 4.79 Å². The SMILES string of the molecule is CC/C(C=O)=C\NC(C)C. The third-order valence-electron chi connectivity index (χ3n) is 1.16. The van der Waals surface area contributed by atoms with Gasteiger partial charge in [0.2, 0.25) is 0 Å². The van der Waals surface area contributed by atoms with Crippen molar-refractivity contribution in [3.05, 3.63) is 11.8 Å². The number of aldehydes is 1. The number of nitrogens with one attached hydrogen (secondary N) is 1. The molecule has 0 amide bonds. The first-order chi connectivity index (χ1) is 4.70. The van der Waals surface area contributed by atoms with Crippen LogP contribution in [0.1, 0.15) is 27.2 Å². The maximum Gasteiger partial charge on any atom is 0.147 e. The topological polar surface area (TPSA) is 29.1 Å². The summed E-state index contributed by atoms with van der Waals surface area (Å²) in [7, 11) is 0. The van der Waals surface area contributed by atoms with E-state index >= 15 is 0 Å². The Morgan fingerprint density at radius 3 is 2.50 bits per heavy atom. The van der Waals surface area contributed by atoms with Gasteiger partial charge >= 0.3 is 0 Å². The lowest BCUT2D eigenvalue weighted by molar-refractivity contribution is -0.105. The minimum absolute atomic E-state index is 0.404. The summed E-state index contributed by atoms with van der Waals surface area (Å²) in [5.41, 5.74) is 0.814. The van der Waals surface area contributed by atoms with Gasteiger partial charge in [0.25, 0.3) is 0 Å². The van der Waals surface area contributed by atoms with E-state index in [0.29, 0.717) is 6.04 Å². The second kappa shape index (κ2) is 5.03. The Balaban J connectivity index is 3.74. The third-order valence-corrected chi connectivity index (χ3v) is 1.16. The molecule has 58 valence electrons. The molecule has 0 bridgehead atoms. The van der Waals surface area contributed by atoms with Gasteiger partial charge in [0.1, 0.15) is 6.29 Å². The number of hydrogen-bond acceptors (Lipinski definition) is 2. The fourth-order valence-corrected chi connectivity index (χ4v) is 0.493. The van der Waals surface area contributed by atoms with E-state index in [9.17, 15) is 4.79 Å². The Labute approximate surface area is 62.3 Å². The van der Waals surface area contributed by atoms with Crippen LogP contribution in [0.2, 0.25) is 0 Å². The molecule has 10 heavy (non-hydrogen) atoms. The molecule has 0 aromatic rings. The number of rotatable bonds is 4. The van der Waals surface area contributed by atoms with E-state index < -0.39 is 0 Å². The maximum absolute atomic E-state index is 10.2. The molecule has 0 rings (SSSR count). The summed E-state index contributed by atoms with van der Waals surface area (Å²) in [5.74, 6) is 0. The van der Waals surface area contributed by atoms with Crippen molar-refractivity contribution in [1.29, 1.82) is 0 Å². The highest BCUT2D eigenvalue weighted by Crippen LogP contribution is 1.93. The molecular weight excluding hydrogens is 126 g/mol. The van der Waals surface area contributed by atoms with E-state index in [1.165, 1.54) is 0 Å². The molecule has 0 atom stereocenters. The molecule has 0 fully saturated rings. The molecule has 0 aromatic heterocycles. The zero-order valence-electron chi connectivity index (χ0n) is 6.85. The summed E-state index contributed by atoms with van der Waals surface area (Å²) in [6.45, 7) is 6.03. The summed E-state index contributed by atoms with van der Waals surface area (Å²) in [6.07, 6.45) is 3.45. The first kappa shape index (κ1) is 9.21. The second-order valence-electron chi connectivity index (χ2n) is 2.51. The highest BCUT2D eigenvalue weighted by molar-refractivity contribution is 5.72. The molecule has 2 heteroatoms. The van der Waals surface area contributed by atoms with E-state index in [4.69, 9.17) is 0 Å². The van der Waals surface area contributed by atoms with Gasteiger partial charge in [-0.05, 0) is 20.3 Å². The van der Waals surface area contributed by atoms with Crippen LogP contribution < -0.4 is 5.32 Å². The zero-order chi connectivity index (χ0) is 7.98. The van der Waals surface area contributed by atoms with Crippen LogP contribution in [0.5, 0.6) is 0 Å². The normalized spacial score (nSPS) is 11.8. The van der Waals surface area contributed by atoms with Gasteiger partial charge in [-0.15, -0.1) is 0 Å². The monoisotopic (exact) mass is 141 g/mol. The first-order valence-corrected chi connectivity index (χ1v) is 3.61. The van der Waals surface area contributed by atoms with Crippen molar-refractivity contribution in [2.45, 2.75) is 33.2 Å². The number of allylic oxidation sites excluding steroid dienone is 1. The Morgan fingerprint density at radius 1 is 1.60 bits per heavy atom. The molecule has 0 aliphatic carbocycles. The van der Waals surface area contributed by atoms with E-state index in [1.807, 2.05) is 20.8 Å². The standard InChI is InChI=1S/C8H15NO/c1-4-8(6-10)5-9-7(2)3/h5-7,9H,4H2,1-3H3/b8-5+. The average molecular weight is 141 g/mol. The number of hydrogen-bond donors (Lipinski definition) is 1. The van der Waals surface area contributed by atoms with Gasteiger partial charge in [0, 0.05) is 17.8 Å². The predicted molar refractivity (Wildman–Crippen MR) is 42.7 cm³/mol. The molecular formula is C8H15NO. The van der Waals surface area contributed by atoms with Gasteiger partial charge < -0.3 is 5.32 Å². The zero-order valence-corrected chi connectivity index (χ0v) is 6.85. The largest absolute Gasteiger partial charge is 0.388 e. The molecule has 0 saturated heterocycles. The van der Waals surface area contributed by atoms with Crippen LogP contribution in [0.25, 0.3) is 0 Å². The van der Waals surface area contributed by atoms with Crippen LogP contribution in [0.4, 0.5) is 0 Å². The van der Waals surface area contributed by atoms with Gasteiger partial charge in [-0.1, -0.05) is 6.92 Å². The summed E-state index contributed by atoms with van der Waals surface area (Å²) in [6, 6.07) is 0.404. The van der Waals surface area contributed by atoms with Crippen LogP contribution in [0.3, 0.4) is 0 Å². The van der Waals surface area contributed by atoms with Crippen LogP contribution in [0.15, 0.2) is 11.8 Å². The quantitative estimate of drug-likeness (QED) is 0.474. The van der Waals surface area contributed by atoms with E-state index in [1.54, 1.807) is 6.20 Å². The van der Waals surface area contributed by atoms with Crippen LogP contribution in [-0.4, -0.2) is 12.3 Å². The van der Waals surface area contributed by atoms with Crippen LogP contribution in [0, 0.1) is 0 Å². The molecule has 2 nitrogen and oxygen atoms in total. The molecule has 0 saturated carbocycles. The van der Waals surface area contributed by atoms with Gasteiger partial charge in [0.05, 0.1) is 0 Å². The Bertz CT molecular complexity index is 127. The molecule has 1 N–H and O–H groups in total. The van der Waals surface area contributed by atoms with Crippen molar-refractivity contribution in [2.24, 2.45) is 0 Å². The number of carbonyl (C=O) groups excluding carboxylic acids is 1. The van der Waals surface area contributed by atoms with E-state index in [-0.39, 0.29) is 0 Å². The minimum Gasteiger partial charge on any atom is -0.388 e. The lowest BCUT2D eigenvalue weighted by atomic mass is 10.2. The molecule has 0 aliphatic heterocycles. The Morgan fingerprint density at radius 2 is 2.20 bits per heavy atom. The summed E-state index contributed by atoms with van der Waals surface area (Å²) >= 11 is 0. The summed E-state index contributed by atoms with van der Waals surface area (Å²) < 4.78 is 0.